The summed E-state index contributed by atoms with van der Waals surface area (Å²) in [6.45, 7) is 4.71. The molecule has 0 aromatic heterocycles. The smallest absolute Gasteiger partial charge is 0.0917 e. The van der Waals surface area contributed by atoms with Crippen molar-refractivity contribution in [3.63, 3.8) is 0 Å². The van der Waals surface area contributed by atoms with Crippen molar-refractivity contribution in [2.75, 3.05) is 13.3 Å². The van der Waals surface area contributed by atoms with Crippen molar-refractivity contribution < 1.29 is 8.78 Å². The summed E-state index contributed by atoms with van der Waals surface area (Å²) in [7, 11) is 0. The number of hydrogen-bond acceptors (Lipinski definition) is 0. The third kappa shape index (κ3) is 40.0. The highest BCUT2D eigenvalue weighted by Gasteiger charge is 1.83. The highest BCUT2D eigenvalue weighted by molar-refractivity contribution is 4.33. The summed E-state index contributed by atoms with van der Waals surface area (Å²) < 4.78 is 21.4. The fourth-order valence-corrected chi connectivity index (χ4v) is 0. The van der Waals surface area contributed by atoms with Gasteiger partial charge in [0.25, 0.3) is 0 Å². The summed E-state index contributed by atoms with van der Waals surface area (Å²) in [4.78, 5) is 0. The molecule has 0 aliphatic carbocycles. The molecule has 0 saturated heterocycles. The van der Waals surface area contributed by atoms with E-state index in [1.54, 1.807) is 0 Å². The monoisotopic (exact) mass is 124 g/mol. The minimum atomic E-state index is -0.250. The molecule has 0 heterocycles. The van der Waals surface area contributed by atoms with Crippen molar-refractivity contribution in [1.82, 2.24) is 0 Å². The van der Waals surface area contributed by atoms with Gasteiger partial charge in [-0.2, -0.15) is 0 Å². The molecule has 8 heavy (non-hydrogen) atoms. The maximum atomic E-state index is 11.1. The molecule has 0 aliphatic rings. The summed E-state index contributed by atoms with van der Waals surface area (Å²) in [5, 5.41) is 0. The van der Waals surface area contributed by atoms with Crippen LogP contribution < -0.4 is 0 Å². The van der Waals surface area contributed by atoms with Crippen molar-refractivity contribution in [2.24, 2.45) is 5.92 Å². The molecule has 0 unspecified atom stereocenters. The Bertz CT molecular complexity index is 27.7. The maximum Gasteiger partial charge on any atom is 0.0917 e. The Morgan fingerprint density at radius 3 is 1.38 bits per heavy atom. The second kappa shape index (κ2) is 9.97. The average Bonchev–Trinajstić information content (AvgIpc) is 1.69. The minimum Gasteiger partial charge on any atom is -0.251 e. The molecular weight excluding hydrogens is 110 g/mol. The first-order valence-corrected chi connectivity index (χ1v) is 2.80. The Morgan fingerprint density at radius 2 is 1.38 bits per heavy atom. The van der Waals surface area contributed by atoms with Crippen LogP contribution in [0.25, 0.3) is 0 Å². The lowest BCUT2D eigenvalue weighted by Crippen LogP contribution is -1.84. The van der Waals surface area contributed by atoms with Crippen molar-refractivity contribution in [3.8, 4) is 0 Å². The van der Waals surface area contributed by atoms with Gasteiger partial charge in [-0.25, -0.2) is 0 Å². The molecule has 0 aromatic carbocycles. The van der Waals surface area contributed by atoms with E-state index in [0.717, 1.165) is 0 Å². The summed E-state index contributed by atoms with van der Waals surface area (Å²) in [5.41, 5.74) is 0. The van der Waals surface area contributed by atoms with Gasteiger partial charge in [-0.1, -0.05) is 13.8 Å². The Labute approximate surface area is 49.9 Å². The third-order valence-electron chi connectivity index (χ3n) is 0.309. The average molecular weight is 124 g/mol. The topological polar surface area (TPSA) is 0 Å². The van der Waals surface area contributed by atoms with Crippen molar-refractivity contribution in [3.05, 3.63) is 0 Å². The van der Waals surface area contributed by atoms with Gasteiger partial charge in [0.2, 0.25) is 0 Å². The van der Waals surface area contributed by atoms with E-state index < -0.39 is 0 Å². The summed E-state index contributed by atoms with van der Waals surface area (Å²) in [6, 6.07) is 0. The maximum absolute atomic E-state index is 11.1. The van der Waals surface area contributed by atoms with Gasteiger partial charge < -0.3 is 0 Å². The number of halogens is 2. The molecule has 0 fully saturated rings. The predicted molar refractivity (Wildman–Crippen MR) is 32.5 cm³/mol. The van der Waals surface area contributed by atoms with E-state index in [-0.39, 0.29) is 19.3 Å². The molecule has 2 heteroatoms. The van der Waals surface area contributed by atoms with Gasteiger partial charge in [-0.15, -0.1) is 0 Å². The fourth-order valence-electron chi connectivity index (χ4n) is 0. The highest BCUT2D eigenvalue weighted by Crippen LogP contribution is 1.88. The van der Waals surface area contributed by atoms with E-state index in [1.165, 1.54) is 6.92 Å². The normalized spacial score (nSPS) is 8.25. The van der Waals surface area contributed by atoms with Crippen LogP contribution in [0.5, 0.6) is 0 Å². The molecule has 0 rings (SSSR count). The van der Waals surface area contributed by atoms with E-state index in [1.807, 2.05) is 13.8 Å². The molecule has 0 saturated carbocycles. The standard InChI is InChI=1S/C4H9F.C2H5F/c1-4(2)3-5;1-2-3/h4H,3H2,1-2H3;2H2,1H3. The Hall–Kier alpha value is -0.140. The molecule has 52 valence electrons. The molecule has 0 atom stereocenters. The van der Waals surface area contributed by atoms with Crippen LogP contribution in [-0.2, 0) is 0 Å². The second-order valence-corrected chi connectivity index (χ2v) is 1.82. The minimum absolute atomic E-state index is 0.194. The van der Waals surface area contributed by atoms with Gasteiger partial charge in [-0.05, 0) is 12.8 Å². The summed E-state index contributed by atoms with van der Waals surface area (Å²) in [6.07, 6.45) is 0. The van der Waals surface area contributed by atoms with Crippen molar-refractivity contribution in [1.29, 1.82) is 0 Å². The zero-order valence-corrected chi connectivity index (χ0v) is 5.75. The predicted octanol–water partition coefficient (Wildman–Crippen LogP) is 2.59. The zero-order valence-electron chi connectivity index (χ0n) is 5.75. The third-order valence-corrected chi connectivity index (χ3v) is 0.309. The van der Waals surface area contributed by atoms with E-state index >= 15 is 0 Å². The summed E-state index contributed by atoms with van der Waals surface area (Å²) >= 11 is 0. The van der Waals surface area contributed by atoms with Crippen LogP contribution in [-0.4, -0.2) is 13.3 Å². The van der Waals surface area contributed by atoms with Gasteiger partial charge in [0.1, 0.15) is 0 Å². The van der Waals surface area contributed by atoms with Gasteiger partial charge in [-0.3, -0.25) is 8.78 Å². The summed E-state index contributed by atoms with van der Waals surface area (Å²) in [5.74, 6) is 0.218. The van der Waals surface area contributed by atoms with Gasteiger partial charge in [0.15, 0.2) is 0 Å². The van der Waals surface area contributed by atoms with E-state index in [2.05, 4.69) is 0 Å². The lowest BCUT2D eigenvalue weighted by molar-refractivity contribution is 0.404. The molecule has 0 amide bonds. The van der Waals surface area contributed by atoms with Crippen molar-refractivity contribution >= 4 is 0 Å². The van der Waals surface area contributed by atoms with Gasteiger partial charge >= 0.3 is 0 Å². The van der Waals surface area contributed by atoms with Crippen LogP contribution in [0.2, 0.25) is 0 Å². The first-order valence-electron chi connectivity index (χ1n) is 2.80. The molecule has 0 aliphatic heterocycles. The lowest BCUT2D eigenvalue weighted by atomic mass is 10.3. The second-order valence-electron chi connectivity index (χ2n) is 1.82. The Kier molecular flexibility index (Phi) is 13.4. The largest absolute Gasteiger partial charge is 0.251 e. The SMILES string of the molecule is CC(C)CF.CCF. The zero-order chi connectivity index (χ0) is 6.99. The first kappa shape index (κ1) is 10.8. The number of hydrogen-bond donors (Lipinski definition) is 0. The first-order chi connectivity index (χ1) is 3.68. The Morgan fingerprint density at radius 1 is 1.25 bits per heavy atom. The van der Waals surface area contributed by atoms with Crippen LogP contribution in [0, 0.1) is 5.92 Å². The fraction of sp³-hybridized carbons (Fsp3) is 1.00. The molecule has 0 bridgehead atoms. The van der Waals surface area contributed by atoms with E-state index in [9.17, 15) is 8.78 Å². The van der Waals surface area contributed by atoms with Gasteiger partial charge in [0, 0.05) is 0 Å². The van der Waals surface area contributed by atoms with Crippen LogP contribution in [0.15, 0.2) is 0 Å². The lowest BCUT2D eigenvalue weighted by Gasteiger charge is -1.87. The number of alkyl halides is 2. The van der Waals surface area contributed by atoms with Gasteiger partial charge in [0.05, 0.1) is 13.3 Å². The molecule has 0 N–H and O–H groups in total. The van der Waals surface area contributed by atoms with Crippen LogP contribution in [0.3, 0.4) is 0 Å². The van der Waals surface area contributed by atoms with E-state index in [4.69, 9.17) is 0 Å². The van der Waals surface area contributed by atoms with Crippen LogP contribution in [0.1, 0.15) is 20.8 Å². The Balaban J connectivity index is 0. The molecule has 0 aromatic rings. The quantitative estimate of drug-likeness (QED) is 0.504. The van der Waals surface area contributed by atoms with E-state index in [0.29, 0.717) is 0 Å². The van der Waals surface area contributed by atoms with Crippen molar-refractivity contribution in [2.45, 2.75) is 20.8 Å². The number of rotatable bonds is 1. The molecule has 0 nitrogen and oxygen atoms in total. The molecule has 0 spiro atoms. The van der Waals surface area contributed by atoms with Crippen LogP contribution >= 0.6 is 0 Å². The van der Waals surface area contributed by atoms with Crippen LogP contribution in [0.4, 0.5) is 8.78 Å². The highest BCUT2D eigenvalue weighted by atomic mass is 19.1. The molecular formula is C6H14F2. The molecule has 0 radical (unpaired) electrons.